The number of unbranched alkanes of at least 4 members (excludes halogenated alkanes) is 2. The standard InChI is InChI=1S/C19H23NO5.C16H26/c1-5-6-8-12-16(18(22)15(11(2)21)19(23)20-12)17-13(24-3)9-7-10-14(17)25-4;1-4-6-11-15(9-5-2)13-16-12-8-7-10-14(16)3/h7,9-10H,5-6,8H2,1-4H3,(H2,20,22,23);7-8,10,12,15H,4-6,9,11,13H2,1-3H3. The number of nitrogens with one attached hydrogen (secondary N) is 1. The van der Waals surface area contributed by atoms with Gasteiger partial charge in [-0.05, 0) is 62.3 Å². The molecule has 0 radical (unpaired) electrons. The number of methoxy groups -OCH3 is 2. The van der Waals surface area contributed by atoms with E-state index in [9.17, 15) is 14.7 Å². The summed E-state index contributed by atoms with van der Waals surface area (Å²) < 4.78 is 10.8. The molecule has 224 valence electrons. The Labute approximate surface area is 246 Å². The second-order valence-electron chi connectivity index (χ2n) is 10.7. The zero-order chi connectivity index (χ0) is 30.4. The van der Waals surface area contributed by atoms with E-state index in [0.717, 1.165) is 18.8 Å². The number of H-pyrrole nitrogens is 1. The van der Waals surface area contributed by atoms with Crippen LogP contribution in [0.4, 0.5) is 0 Å². The molecular weight excluding hydrogens is 514 g/mol. The van der Waals surface area contributed by atoms with Crippen LogP contribution in [0.15, 0.2) is 47.3 Å². The summed E-state index contributed by atoms with van der Waals surface area (Å²) in [7, 11) is 3.03. The fourth-order valence-corrected chi connectivity index (χ4v) is 5.27. The van der Waals surface area contributed by atoms with Gasteiger partial charge in [0.1, 0.15) is 22.8 Å². The van der Waals surface area contributed by atoms with Crippen molar-refractivity contribution in [2.75, 3.05) is 14.2 Å². The van der Waals surface area contributed by atoms with Crippen molar-refractivity contribution in [3.63, 3.8) is 0 Å². The molecule has 0 aliphatic carbocycles. The molecule has 41 heavy (non-hydrogen) atoms. The summed E-state index contributed by atoms with van der Waals surface area (Å²) in [6.45, 7) is 10.1. The van der Waals surface area contributed by atoms with Crippen LogP contribution in [-0.2, 0) is 12.8 Å². The summed E-state index contributed by atoms with van der Waals surface area (Å²) in [4.78, 5) is 26.9. The average molecular weight is 564 g/mol. The Bertz CT molecular complexity index is 1290. The van der Waals surface area contributed by atoms with Crippen LogP contribution in [0.5, 0.6) is 17.2 Å². The van der Waals surface area contributed by atoms with Gasteiger partial charge < -0.3 is 19.6 Å². The minimum absolute atomic E-state index is 0.261. The molecule has 0 amide bonds. The first kappa shape index (κ1) is 33.7. The molecule has 6 nitrogen and oxygen atoms in total. The van der Waals surface area contributed by atoms with E-state index in [1.165, 1.54) is 65.2 Å². The van der Waals surface area contributed by atoms with Gasteiger partial charge in [0.05, 0.1) is 25.3 Å². The number of hydrogen-bond acceptors (Lipinski definition) is 5. The molecule has 1 atom stereocenters. The van der Waals surface area contributed by atoms with Gasteiger partial charge in [0, 0.05) is 5.69 Å². The molecule has 0 saturated heterocycles. The van der Waals surface area contributed by atoms with Crippen molar-refractivity contribution >= 4 is 5.78 Å². The first-order valence-corrected chi connectivity index (χ1v) is 15.0. The average Bonchev–Trinajstić information content (AvgIpc) is 2.95. The normalized spacial score (nSPS) is 11.4. The number of Topliss-reactive ketones (excluding diaryl/α,β-unsaturated/α-hetero) is 1. The minimum Gasteiger partial charge on any atom is -0.506 e. The van der Waals surface area contributed by atoms with Crippen LogP contribution in [-0.4, -0.2) is 30.1 Å². The van der Waals surface area contributed by atoms with Crippen LogP contribution in [0, 0.1) is 12.8 Å². The second-order valence-corrected chi connectivity index (χ2v) is 10.7. The van der Waals surface area contributed by atoms with Gasteiger partial charge in [-0.3, -0.25) is 9.59 Å². The predicted molar refractivity (Wildman–Crippen MR) is 169 cm³/mol. The fraction of sp³-hybridized carbons (Fsp3) is 0.486. The number of hydrogen-bond donors (Lipinski definition) is 2. The summed E-state index contributed by atoms with van der Waals surface area (Å²) in [6, 6.07) is 14.1. The van der Waals surface area contributed by atoms with Gasteiger partial charge in [-0.25, -0.2) is 0 Å². The van der Waals surface area contributed by atoms with Gasteiger partial charge >= 0.3 is 0 Å². The summed E-state index contributed by atoms with van der Waals surface area (Å²) in [5.41, 5.74) is 3.59. The van der Waals surface area contributed by atoms with E-state index in [2.05, 4.69) is 50.0 Å². The van der Waals surface area contributed by atoms with E-state index in [1.807, 2.05) is 6.92 Å². The molecule has 0 spiro atoms. The van der Waals surface area contributed by atoms with Gasteiger partial charge in [0.25, 0.3) is 5.56 Å². The molecule has 3 rings (SSSR count). The molecule has 2 N–H and O–H groups in total. The molecule has 0 bridgehead atoms. The zero-order valence-electron chi connectivity index (χ0n) is 26.1. The second kappa shape index (κ2) is 17.3. The van der Waals surface area contributed by atoms with Crippen molar-refractivity contribution in [2.45, 2.75) is 92.4 Å². The van der Waals surface area contributed by atoms with Crippen molar-refractivity contribution in [3.8, 4) is 28.4 Å². The van der Waals surface area contributed by atoms with Crippen LogP contribution in [0.1, 0.15) is 99.8 Å². The highest BCUT2D eigenvalue weighted by Gasteiger charge is 2.25. The lowest BCUT2D eigenvalue weighted by Crippen LogP contribution is -2.19. The molecule has 0 aliphatic heterocycles. The Morgan fingerprint density at radius 2 is 1.51 bits per heavy atom. The number of aromatic hydroxyl groups is 1. The molecule has 0 fully saturated rings. The highest BCUT2D eigenvalue weighted by Crippen LogP contribution is 2.44. The minimum atomic E-state index is -0.589. The maximum Gasteiger partial charge on any atom is 0.262 e. The van der Waals surface area contributed by atoms with Crippen LogP contribution < -0.4 is 15.0 Å². The van der Waals surface area contributed by atoms with Crippen LogP contribution in [0.25, 0.3) is 11.1 Å². The maximum absolute atomic E-state index is 12.3. The molecule has 6 heteroatoms. The number of ether oxygens (including phenoxy) is 2. The third-order valence-electron chi connectivity index (χ3n) is 7.51. The monoisotopic (exact) mass is 563 g/mol. The van der Waals surface area contributed by atoms with Crippen LogP contribution in [0.2, 0.25) is 0 Å². The Kier molecular flexibility index (Phi) is 14.2. The lowest BCUT2D eigenvalue weighted by Gasteiger charge is -2.18. The molecule has 1 unspecified atom stereocenters. The quantitative estimate of drug-likeness (QED) is 0.192. The SMILES string of the molecule is CCCCC(CCC)Cc1ccccc1C.CCCCc1[nH]c(=O)c(C(C)=O)c(O)c1-c1c(OC)cccc1OC. The maximum atomic E-state index is 12.3. The molecular formula is C35H49NO5. The Balaban J connectivity index is 0.000000317. The smallest absolute Gasteiger partial charge is 0.262 e. The number of aromatic nitrogens is 1. The van der Waals surface area contributed by atoms with E-state index in [1.54, 1.807) is 23.8 Å². The van der Waals surface area contributed by atoms with Crippen molar-refractivity contribution in [1.29, 1.82) is 0 Å². The Morgan fingerprint density at radius 3 is 2.05 bits per heavy atom. The van der Waals surface area contributed by atoms with E-state index in [0.29, 0.717) is 34.7 Å². The number of carbonyl (C=O) groups is 1. The Hall–Kier alpha value is -3.54. The molecule has 1 aromatic heterocycles. The topological polar surface area (TPSA) is 88.6 Å². The van der Waals surface area contributed by atoms with E-state index < -0.39 is 11.3 Å². The predicted octanol–water partition coefficient (Wildman–Crippen LogP) is 8.45. The van der Waals surface area contributed by atoms with Crippen LogP contribution in [0.3, 0.4) is 0 Å². The number of benzene rings is 2. The van der Waals surface area contributed by atoms with Gasteiger partial charge in [-0.1, -0.05) is 89.6 Å². The highest BCUT2D eigenvalue weighted by molar-refractivity contribution is 6.00. The number of ketones is 1. The third-order valence-corrected chi connectivity index (χ3v) is 7.51. The number of aromatic amines is 1. The van der Waals surface area contributed by atoms with E-state index in [-0.39, 0.29) is 11.3 Å². The molecule has 0 saturated carbocycles. The third kappa shape index (κ3) is 9.24. The highest BCUT2D eigenvalue weighted by atomic mass is 16.5. The van der Waals surface area contributed by atoms with Crippen LogP contribution >= 0.6 is 0 Å². The molecule has 0 aliphatic rings. The van der Waals surface area contributed by atoms with Gasteiger partial charge in [-0.15, -0.1) is 0 Å². The number of carbonyl (C=O) groups excluding carboxylic acids is 1. The number of pyridine rings is 1. The lowest BCUT2D eigenvalue weighted by atomic mass is 9.89. The van der Waals surface area contributed by atoms with Crippen molar-refractivity contribution in [3.05, 3.63) is 75.2 Å². The summed E-state index contributed by atoms with van der Waals surface area (Å²) in [6.07, 6.45) is 10.4. The molecule has 3 aromatic rings. The number of rotatable bonds is 14. The molecule has 2 aromatic carbocycles. The molecule has 1 heterocycles. The zero-order valence-corrected chi connectivity index (χ0v) is 26.1. The lowest BCUT2D eigenvalue weighted by molar-refractivity contribution is 0.101. The largest absolute Gasteiger partial charge is 0.506 e. The first-order valence-electron chi connectivity index (χ1n) is 15.0. The summed E-state index contributed by atoms with van der Waals surface area (Å²) in [5.74, 6) is 1.01. The van der Waals surface area contributed by atoms with Gasteiger partial charge in [0.2, 0.25) is 0 Å². The summed E-state index contributed by atoms with van der Waals surface area (Å²) in [5, 5.41) is 10.8. The van der Waals surface area contributed by atoms with E-state index >= 15 is 0 Å². The first-order chi connectivity index (χ1) is 19.7. The van der Waals surface area contributed by atoms with Gasteiger partial charge in [0.15, 0.2) is 5.78 Å². The van der Waals surface area contributed by atoms with Crippen molar-refractivity contribution < 1.29 is 19.4 Å². The Morgan fingerprint density at radius 1 is 0.878 bits per heavy atom. The van der Waals surface area contributed by atoms with Crippen molar-refractivity contribution in [1.82, 2.24) is 4.98 Å². The fourth-order valence-electron chi connectivity index (χ4n) is 5.27. The number of aryl methyl sites for hydroxylation is 2. The van der Waals surface area contributed by atoms with Gasteiger partial charge in [-0.2, -0.15) is 0 Å². The van der Waals surface area contributed by atoms with E-state index in [4.69, 9.17) is 9.47 Å². The van der Waals surface area contributed by atoms with Crippen molar-refractivity contribution in [2.24, 2.45) is 5.92 Å². The summed E-state index contributed by atoms with van der Waals surface area (Å²) >= 11 is 0.